The molecule has 0 unspecified atom stereocenters. The lowest BCUT2D eigenvalue weighted by atomic mass is 10.4. The first-order valence-electron chi connectivity index (χ1n) is 4.88. The van der Waals surface area contributed by atoms with E-state index in [0.29, 0.717) is 10.2 Å². The van der Waals surface area contributed by atoms with Gasteiger partial charge in [0.25, 0.3) is 0 Å². The Labute approximate surface area is 113 Å². The fourth-order valence-electron chi connectivity index (χ4n) is 1.05. The predicted octanol–water partition coefficient (Wildman–Crippen LogP) is 0.907. The van der Waals surface area contributed by atoms with E-state index in [1.54, 1.807) is 0 Å². The molecule has 1 aromatic heterocycles. The molecule has 0 aliphatic heterocycles. The molecule has 0 aliphatic carbocycles. The number of aliphatic carboxylic acids is 1. The van der Waals surface area contributed by atoms with Crippen LogP contribution in [0.25, 0.3) is 0 Å². The first-order chi connectivity index (χ1) is 8.33. The lowest BCUT2D eigenvalue weighted by molar-refractivity contribution is -0.137. The normalized spacial score (nSPS) is 11.5. The molecule has 2 N–H and O–H groups in total. The third kappa shape index (κ3) is 4.24. The van der Waals surface area contributed by atoms with Gasteiger partial charge in [0.05, 0.1) is 16.6 Å². The Balaban J connectivity index is 2.76. The first kappa shape index (κ1) is 14.9. The first-order valence-corrected chi connectivity index (χ1v) is 7.11. The minimum atomic E-state index is -3.77. The van der Waals surface area contributed by atoms with Gasteiger partial charge in [0, 0.05) is 26.0 Å². The summed E-state index contributed by atoms with van der Waals surface area (Å²) in [6.07, 6.45) is 2.64. The summed E-state index contributed by atoms with van der Waals surface area (Å²) in [6.45, 7) is -0.104. The van der Waals surface area contributed by atoms with E-state index in [0.717, 1.165) is 4.31 Å². The van der Waals surface area contributed by atoms with Crippen LogP contribution in [0.1, 0.15) is 6.42 Å². The third-order valence-corrected chi connectivity index (χ3v) is 4.18. The molecule has 0 bridgehead atoms. The molecule has 9 heteroatoms. The molecule has 1 aromatic rings. The van der Waals surface area contributed by atoms with Gasteiger partial charge in [-0.1, -0.05) is 0 Å². The van der Waals surface area contributed by atoms with E-state index >= 15 is 0 Å². The van der Waals surface area contributed by atoms with E-state index in [-0.39, 0.29) is 13.0 Å². The fourth-order valence-corrected chi connectivity index (χ4v) is 2.47. The minimum absolute atomic E-state index is 0.104. The molecule has 18 heavy (non-hydrogen) atoms. The van der Waals surface area contributed by atoms with Gasteiger partial charge in [0.2, 0.25) is 0 Å². The Morgan fingerprint density at radius 3 is 2.83 bits per heavy atom. The highest BCUT2D eigenvalue weighted by molar-refractivity contribution is 9.10. The van der Waals surface area contributed by atoms with Crippen molar-refractivity contribution in [1.82, 2.24) is 9.29 Å². The zero-order valence-corrected chi connectivity index (χ0v) is 11.9. The molecule has 1 rings (SSSR count). The van der Waals surface area contributed by atoms with Crippen LogP contribution in [0.5, 0.6) is 0 Å². The minimum Gasteiger partial charge on any atom is -0.481 e. The summed E-state index contributed by atoms with van der Waals surface area (Å²) in [5, 5.41) is 8.50. The Morgan fingerprint density at radius 2 is 2.28 bits per heavy atom. The zero-order chi connectivity index (χ0) is 13.8. The molecule has 0 spiro atoms. The van der Waals surface area contributed by atoms with Gasteiger partial charge in [-0.15, -0.1) is 0 Å². The summed E-state index contributed by atoms with van der Waals surface area (Å²) in [6, 6.07) is 1.49. The molecule has 0 radical (unpaired) electrons. The number of rotatable bonds is 6. The van der Waals surface area contributed by atoms with Crippen LogP contribution in [0, 0.1) is 0 Å². The summed E-state index contributed by atoms with van der Waals surface area (Å²) in [5.41, 5.74) is 0.340. The number of halogens is 1. The van der Waals surface area contributed by atoms with Gasteiger partial charge in [-0.3, -0.25) is 14.5 Å². The van der Waals surface area contributed by atoms with E-state index in [4.69, 9.17) is 5.11 Å². The average Bonchev–Trinajstić information content (AvgIpc) is 2.28. The monoisotopic (exact) mass is 337 g/mol. The van der Waals surface area contributed by atoms with Crippen molar-refractivity contribution in [2.45, 2.75) is 6.42 Å². The summed E-state index contributed by atoms with van der Waals surface area (Å²) < 4.78 is 27.5. The largest absolute Gasteiger partial charge is 0.481 e. The number of hydrogen-bond acceptors (Lipinski definition) is 4. The van der Waals surface area contributed by atoms with E-state index in [1.807, 2.05) is 0 Å². The molecule has 0 amide bonds. The second-order valence-electron chi connectivity index (χ2n) is 3.43. The standard InChI is InChI=1S/C9H12BrN3O4S/c1-13(5-3-9(14)15)18(16,17)12-8-2-4-11-6-7(8)10/h2,4,6H,3,5H2,1H3,(H,11,12)(H,14,15). The topological polar surface area (TPSA) is 99.6 Å². The highest BCUT2D eigenvalue weighted by Gasteiger charge is 2.19. The molecular formula is C9H12BrN3O4S. The van der Waals surface area contributed by atoms with Crippen molar-refractivity contribution in [2.75, 3.05) is 18.3 Å². The van der Waals surface area contributed by atoms with Crippen molar-refractivity contribution in [3.05, 3.63) is 22.9 Å². The van der Waals surface area contributed by atoms with Crippen LogP contribution in [0.2, 0.25) is 0 Å². The number of aromatic nitrogens is 1. The summed E-state index contributed by atoms with van der Waals surface area (Å²) in [5.74, 6) is -1.05. The smallest absolute Gasteiger partial charge is 0.304 e. The zero-order valence-electron chi connectivity index (χ0n) is 9.50. The Morgan fingerprint density at radius 1 is 1.61 bits per heavy atom. The van der Waals surface area contributed by atoms with Crippen molar-refractivity contribution in [3.8, 4) is 0 Å². The quantitative estimate of drug-likeness (QED) is 0.803. The van der Waals surface area contributed by atoms with E-state index in [2.05, 4.69) is 25.6 Å². The third-order valence-electron chi connectivity index (χ3n) is 2.06. The molecule has 0 atom stereocenters. The number of hydrogen-bond donors (Lipinski definition) is 2. The van der Waals surface area contributed by atoms with Gasteiger partial charge < -0.3 is 5.11 Å². The van der Waals surface area contributed by atoms with Crippen LogP contribution in [0.3, 0.4) is 0 Å². The lowest BCUT2D eigenvalue weighted by Crippen LogP contribution is -2.34. The molecule has 0 saturated carbocycles. The average molecular weight is 338 g/mol. The Hall–Kier alpha value is -1.19. The highest BCUT2D eigenvalue weighted by atomic mass is 79.9. The van der Waals surface area contributed by atoms with Gasteiger partial charge in [0.1, 0.15) is 0 Å². The number of carboxylic acid groups (broad SMARTS) is 1. The molecule has 0 saturated heterocycles. The maximum Gasteiger partial charge on any atom is 0.304 e. The van der Waals surface area contributed by atoms with E-state index in [1.165, 1.54) is 25.5 Å². The van der Waals surface area contributed by atoms with Crippen LogP contribution in [-0.2, 0) is 15.0 Å². The molecule has 0 aliphatic rings. The fraction of sp³-hybridized carbons (Fsp3) is 0.333. The number of nitrogens with one attached hydrogen (secondary N) is 1. The maximum atomic E-state index is 11.8. The Bertz CT molecular complexity index is 534. The van der Waals surface area contributed by atoms with Crippen molar-refractivity contribution >= 4 is 37.8 Å². The van der Waals surface area contributed by atoms with Gasteiger partial charge >= 0.3 is 16.2 Å². The SMILES string of the molecule is CN(CCC(=O)O)S(=O)(=O)Nc1ccncc1Br. The number of carbonyl (C=O) groups is 1. The molecule has 1 heterocycles. The molecule has 0 fully saturated rings. The summed E-state index contributed by atoms with van der Waals surface area (Å²) >= 11 is 3.16. The number of anilines is 1. The van der Waals surface area contributed by atoms with Crippen LogP contribution in [0.4, 0.5) is 5.69 Å². The van der Waals surface area contributed by atoms with Gasteiger partial charge in [-0.2, -0.15) is 12.7 Å². The van der Waals surface area contributed by atoms with Crippen LogP contribution in [0.15, 0.2) is 22.9 Å². The second-order valence-corrected chi connectivity index (χ2v) is 6.06. The highest BCUT2D eigenvalue weighted by Crippen LogP contribution is 2.21. The van der Waals surface area contributed by atoms with Crippen LogP contribution >= 0.6 is 15.9 Å². The molecule has 0 aromatic carbocycles. The number of carboxylic acids is 1. The van der Waals surface area contributed by atoms with Crippen molar-refractivity contribution in [3.63, 3.8) is 0 Å². The van der Waals surface area contributed by atoms with E-state index in [9.17, 15) is 13.2 Å². The lowest BCUT2D eigenvalue weighted by Gasteiger charge is -2.17. The second kappa shape index (κ2) is 6.12. The molecular weight excluding hydrogens is 326 g/mol. The summed E-state index contributed by atoms with van der Waals surface area (Å²) in [4.78, 5) is 14.2. The van der Waals surface area contributed by atoms with Gasteiger partial charge in [-0.25, -0.2) is 0 Å². The van der Waals surface area contributed by atoms with Crippen molar-refractivity contribution in [1.29, 1.82) is 0 Å². The van der Waals surface area contributed by atoms with Gasteiger partial charge in [-0.05, 0) is 22.0 Å². The van der Waals surface area contributed by atoms with Gasteiger partial charge in [0.15, 0.2) is 0 Å². The molecule has 7 nitrogen and oxygen atoms in total. The number of nitrogens with zero attached hydrogens (tertiary/aromatic N) is 2. The number of pyridine rings is 1. The van der Waals surface area contributed by atoms with E-state index < -0.39 is 16.2 Å². The maximum absolute atomic E-state index is 11.8. The summed E-state index contributed by atoms with van der Waals surface area (Å²) in [7, 11) is -2.46. The van der Waals surface area contributed by atoms with Crippen molar-refractivity contribution in [2.24, 2.45) is 0 Å². The Kier molecular flexibility index (Phi) is 5.05. The molecule has 100 valence electrons. The van der Waals surface area contributed by atoms with Crippen LogP contribution < -0.4 is 4.72 Å². The predicted molar refractivity (Wildman–Crippen MR) is 69.4 cm³/mol. The van der Waals surface area contributed by atoms with Crippen LogP contribution in [-0.4, -0.2) is 42.4 Å². The van der Waals surface area contributed by atoms with Crippen molar-refractivity contribution < 1.29 is 18.3 Å².